The lowest BCUT2D eigenvalue weighted by atomic mass is 10.2. The number of pyridine rings is 1. The fourth-order valence-corrected chi connectivity index (χ4v) is 2.01. The molecule has 0 aliphatic rings. The third-order valence-corrected chi connectivity index (χ3v) is 3.36. The van der Waals surface area contributed by atoms with Gasteiger partial charge in [-0.15, -0.1) is 0 Å². The number of carbonyl (C=O) groups excluding carboxylic acids is 1. The van der Waals surface area contributed by atoms with E-state index in [9.17, 15) is 9.59 Å². The third-order valence-electron chi connectivity index (χ3n) is 2.44. The summed E-state index contributed by atoms with van der Waals surface area (Å²) in [4.78, 5) is 26.7. The molecule has 1 aromatic heterocycles. The van der Waals surface area contributed by atoms with Crippen LogP contribution < -0.4 is 5.32 Å². The molecule has 0 aliphatic carbocycles. The van der Waals surface area contributed by atoms with E-state index in [0.717, 1.165) is 0 Å². The average molecular weight is 356 g/mol. The average Bonchev–Trinajstić information content (AvgIpc) is 2.41. The van der Waals surface area contributed by atoms with Crippen LogP contribution >= 0.6 is 27.5 Å². The molecular weight excluding hydrogens is 348 g/mol. The Bertz CT molecular complexity index is 674. The molecule has 1 amide bonds. The Morgan fingerprint density at radius 2 is 2.00 bits per heavy atom. The number of halogens is 2. The van der Waals surface area contributed by atoms with Crippen molar-refractivity contribution in [2.75, 3.05) is 5.32 Å². The van der Waals surface area contributed by atoms with Gasteiger partial charge in [0.25, 0.3) is 5.91 Å². The van der Waals surface area contributed by atoms with Crippen molar-refractivity contribution in [3.8, 4) is 0 Å². The van der Waals surface area contributed by atoms with Crippen LogP contribution in [0.15, 0.2) is 41.0 Å². The van der Waals surface area contributed by atoms with E-state index in [1.807, 2.05) is 0 Å². The summed E-state index contributed by atoms with van der Waals surface area (Å²) in [6.07, 6.45) is 1.34. The number of nitrogens with one attached hydrogen (secondary N) is 1. The van der Waals surface area contributed by atoms with Gasteiger partial charge in [-0.05, 0) is 46.3 Å². The van der Waals surface area contributed by atoms with Crippen LogP contribution in [0.3, 0.4) is 0 Å². The van der Waals surface area contributed by atoms with Gasteiger partial charge in [0.1, 0.15) is 5.15 Å². The van der Waals surface area contributed by atoms with Gasteiger partial charge < -0.3 is 10.4 Å². The first kappa shape index (κ1) is 14.5. The fraction of sp³-hybridized carbons (Fsp3) is 0. The first-order valence-corrected chi connectivity index (χ1v) is 6.60. The molecule has 0 saturated heterocycles. The zero-order valence-electron chi connectivity index (χ0n) is 9.93. The van der Waals surface area contributed by atoms with E-state index in [1.165, 1.54) is 24.4 Å². The van der Waals surface area contributed by atoms with Crippen LogP contribution in [0.4, 0.5) is 5.69 Å². The number of anilines is 1. The van der Waals surface area contributed by atoms with Gasteiger partial charge in [0, 0.05) is 16.4 Å². The van der Waals surface area contributed by atoms with Gasteiger partial charge in [0.05, 0.1) is 11.1 Å². The predicted molar refractivity (Wildman–Crippen MR) is 78.3 cm³/mol. The maximum absolute atomic E-state index is 11.9. The van der Waals surface area contributed by atoms with Gasteiger partial charge >= 0.3 is 5.97 Å². The van der Waals surface area contributed by atoms with Gasteiger partial charge in [-0.25, -0.2) is 9.78 Å². The normalized spacial score (nSPS) is 10.1. The minimum atomic E-state index is -1.08. The van der Waals surface area contributed by atoms with Crippen molar-refractivity contribution in [1.29, 1.82) is 0 Å². The second kappa shape index (κ2) is 6.02. The highest BCUT2D eigenvalue weighted by Gasteiger charge is 2.11. The van der Waals surface area contributed by atoms with Crippen molar-refractivity contribution < 1.29 is 14.7 Å². The molecule has 1 heterocycles. The number of nitrogens with zero attached hydrogens (tertiary/aromatic N) is 1. The van der Waals surface area contributed by atoms with Gasteiger partial charge in [-0.2, -0.15) is 0 Å². The van der Waals surface area contributed by atoms with Crippen LogP contribution in [-0.4, -0.2) is 22.0 Å². The third kappa shape index (κ3) is 3.34. The van der Waals surface area contributed by atoms with Crippen molar-refractivity contribution >= 4 is 45.1 Å². The number of carboxylic acid groups (broad SMARTS) is 1. The standard InChI is InChI=1S/C13H8BrClN2O3/c14-10-3-2-8(5-9(10)13(19)20)17-12(18)7-1-4-11(15)16-6-7/h1-6H,(H,17,18)(H,19,20). The van der Waals surface area contributed by atoms with Crippen LogP contribution in [0.5, 0.6) is 0 Å². The van der Waals surface area contributed by atoms with E-state index in [-0.39, 0.29) is 5.56 Å². The smallest absolute Gasteiger partial charge is 0.336 e. The second-order valence-corrected chi connectivity index (χ2v) is 5.07. The number of aromatic nitrogens is 1. The fourth-order valence-electron chi connectivity index (χ4n) is 1.48. The van der Waals surface area contributed by atoms with Crippen LogP contribution in [0, 0.1) is 0 Å². The zero-order valence-corrected chi connectivity index (χ0v) is 12.3. The SMILES string of the molecule is O=C(Nc1ccc(Br)c(C(=O)O)c1)c1ccc(Cl)nc1. The maximum atomic E-state index is 11.9. The van der Waals surface area contributed by atoms with Crippen LogP contribution in [0.2, 0.25) is 5.15 Å². The highest BCUT2D eigenvalue weighted by Crippen LogP contribution is 2.21. The summed E-state index contributed by atoms with van der Waals surface area (Å²) in [7, 11) is 0. The topological polar surface area (TPSA) is 79.3 Å². The summed E-state index contributed by atoms with van der Waals surface area (Å²) in [6, 6.07) is 7.55. The first-order chi connectivity index (χ1) is 9.47. The molecule has 1 aromatic carbocycles. The van der Waals surface area contributed by atoms with E-state index in [4.69, 9.17) is 16.7 Å². The minimum Gasteiger partial charge on any atom is -0.478 e. The van der Waals surface area contributed by atoms with E-state index < -0.39 is 11.9 Å². The van der Waals surface area contributed by atoms with Gasteiger partial charge in [0.2, 0.25) is 0 Å². The quantitative estimate of drug-likeness (QED) is 0.827. The molecule has 0 unspecified atom stereocenters. The molecule has 5 nitrogen and oxygen atoms in total. The number of rotatable bonds is 3. The van der Waals surface area contributed by atoms with Gasteiger partial charge in [-0.1, -0.05) is 11.6 Å². The van der Waals surface area contributed by atoms with Crippen molar-refractivity contribution in [2.45, 2.75) is 0 Å². The summed E-state index contributed by atoms with van der Waals surface area (Å²) in [5.41, 5.74) is 0.775. The van der Waals surface area contributed by atoms with Crippen molar-refractivity contribution in [1.82, 2.24) is 4.98 Å². The van der Waals surface area contributed by atoms with E-state index in [0.29, 0.717) is 20.9 Å². The summed E-state index contributed by atoms with van der Waals surface area (Å²) < 4.78 is 0.441. The lowest BCUT2D eigenvalue weighted by Crippen LogP contribution is -2.12. The second-order valence-electron chi connectivity index (χ2n) is 3.82. The van der Waals surface area contributed by atoms with E-state index >= 15 is 0 Å². The Hall–Kier alpha value is -1.92. The molecule has 2 aromatic rings. The molecule has 102 valence electrons. The van der Waals surface area contributed by atoms with Gasteiger partial charge in [-0.3, -0.25) is 4.79 Å². The maximum Gasteiger partial charge on any atom is 0.336 e. The number of carboxylic acids is 1. The largest absolute Gasteiger partial charge is 0.478 e. The van der Waals surface area contributed by atoms with Crippen LogP contribution in [0.25, 0.3) is 0 Å². The summed E-state index contributed by atoms with van der Waals surface area (Å²) >= 11 is 8.77. The monoisotopic (exact) mass is 354 g/mol. The predicted octanol–water partition coefficient (Wildman–Crippen LogP) is 3.45. The van der Waals surface area contributed by atoms with Crippen LogP contribution in [-0.2, 0) is 0 Å². The molecule has 0 aliphatic heterocycles. The Balaban J connectivity index is 2.21. The Morgan fingerprint density at radius 3 is 2.60 bits per heavy atom. The molecule has 0 atom stereocenters. The summed E-state index contributed by atoms with van der Waals surface area (Å²) in [5.74, 6) is -1.48. The number of benzene rings is 1. The molecule has 0 fully saturated rings. The molecular formula is C13H8BrClN2O3. The molecule has 20 heavy (non-hydrogen) atoms. The first-order valence-electron chi connectivity index (χ1n) is 5.43. The summed E-state index contributed by atoms with van der Waals surface area (Å²) in [5, 5.41) is 11.9. The molecule has 0 saturated carbocycles. The van der Waals surface area contributed by atoms with E-state index in [2.05, 4.69) is 26.2 Å². The molecule has 2 rings (SSSR count). The number of hydrogen-bond acceptors (Lipinski definition) is 3. The minimum absolute atomic E-state index is 0.0667. The number of amides is 1. The number of carbonyl (C=O) groups is 2. The molecule has 7 heteroatoms. The lowest BCUT2D eigenvalue weighted by Gasteiger charge is -2.07. The Morgan fingerprint density at radius 1 is 1.25 bits per heavy atom. The highest BCUT2D eigenvalue weighted by atomic mass is 79.9. The summed E-state index contributed by atoms with van der Waals surface area (Å²) in [6.45, 7) is 0. The van der Waals surface area contributed by atoms with Crippen molar-refractivity contribution in [3.05, 3.63) is 57.3 Å². The number of aromatic carboxylic acids is 1. The molecule has 2 N–H and O–H groups in total. The van der Waals surface area contributed by atoms with Crippen molar-refractivity contribution in [3.63, 3.8) is 0 Å². The van der Waals surface area contributed by atoms with E-state index in [1.54, 1.807) is 12.1 Å². The number of hydrogen-bond donors (Lipinski definition) is 2. The zero-order chi connectivity index (χ0) is 14.7. The van der Waals surface area contributed by atoms with Crippen LogP contribution in [0.1, 0.15) is 20.7 Å². The Kier molecular flexibility index (Phi) is 4.36. The molecule has 0 spiro atoms. The lowest BCUT2D eigenvalue weighted by molar-refractivity contribution is 0.0695. The van der Waals surface area contributed by atoms with Gasteiger partial charge in [0.15, 0.2) is 0 Å². The molecule has 0 bridgehead atoms. The Labute approximate surface area is 127 Å². The molecule has 0 radical (unpaired) electrons. The highest BCUT2D eigenvalue weighted by molar-refractivity contribution is 9.10. The van der Waals surface area contributed by atoms with Crippen molar-refractivity contribution in [2.24, 2.45) is 0 Å².